The second-order valence-corrected chi connectivity index (χ2v) is 4.77. The van der Waals surface area contributed by atoms with Crippen molar-refractivity contribution < 1.29 is 9.50 Å². The van der Waals surface area contributed by atoms with Gasteiger partial charge in [0, 0.05) is 31.9 Å². The molecule has 0 aliphatic rings. The van der Waals surface area contributed by atoms with E-state index in [0.717, 1.165) is 17.7 Å². The van der Waals surface area contributed by atoms with E-state index in [1.807, 2.05) is 32.8 Å². The maximum atomic E-state index is 13.3. The van der Waals surface area contributed by atoms with E-state index < -0.39 is 0 Å². The first-order chi connectivity index (χ1) is 8.49. The van der Waals surface area contributed by atoms with Crippen molar-refractivity contribution in [3.05, 3.63) is 29.6 Å². The van der Waals surface area contributed by atoms with Gasteiger partial charge >= 0.3 is 0 Å². The molecule has 0 aromatic heterocycles. The highest BCUT2D eigenvalue weighted by Gasteiger charge is 2.15. The molecule has 1 aromatic rings. The van der Waals surface area contributed by atoms with E-state index in [4.69, 9.17) is 0 Å². The third kappa shape index (κ3) is 3.68. The lowest BCUT2D eigenvalue weighted by Gasteiger charge is -2.25. The number of anilines is 1. The fourth-order valence-corrected chi connectivity index (χ4v) is 2.01. The van der Waals surface area contributed by atoms with Crippen molar-refractivity contribution in [3.63, 3.8) is 0 Å². The molecule has 0 fully saturated rings. The van der Waals surface area contributed by atoms with Crippen LogP contribution >= 0.6 is 0 Å². The quantitative estimate of drug-likeness (QED) is 0.817. The summed E-state index contributed by atoms with van der Waals surface area (Å²) in [6, 6.07) is 4.94. The molecule has 0 aliphatic carbocycles. The lowest BCUT2D eigenvalue weighted by atomic mass is 10.0. The van der Waals surface area contributed by atoms with Gasteiger partial charge in [-0.25, -0.2) is 4.39 Å². The summed E-state index contributed by atoms with van der Waals surface area (Å²) in [6.07, 6.45) is 0.860. The van der Waals surface area contributed by atoms with E-state index in [9.17, 15) is 9.50 Å². The van der Waals surface area contributed by atoms with Gasteiger partial charge in [0.1, 0.15) is 5.82 Å². The molecule has 0 spiro atoms. The van der Waals surface area contributed by atoms with Crippen molar-refractivity contribution in [3.8, 4) is 0 Å². The van der Waals surface area contributed by atoms with Crippen LogP contribution in [0.5, 0.6) is 0 Å². The van der Waals surface area contributed by atoms with Gasteiger partial charge < -0.3 is 15.3 Å². The van der Waals surface area contributed by atoms with E-state index in [-0.39, 0.29) is 24.5 Å². The molecule has 0 radical (unpaired) electrons. The SMILES string of the molecule is CCC(CO)NC(C)c1ccc(F)cc1N(C)C. The van der Waals surface area contributed by atoms with E-state index >= 15 is 0 Å². The molecule has 102 valence electrons. The molecule has 0 heterocycles. The minimum absolute atomic E-state index is 0.0695. The largest absolute Gasteiger partial charge is 0.395 e. The zero-order valence-electron chi connectivity index (χ0n) is 11.6. The van der Waals surface area contributed by atoms with Crippen LogP contribution in [0.4, 0.5) is 10.1 Å². The molecule has 2 atom stereocenters. The minimum Gasteiger partial charge on any atom is -0.395 e. The number of aliphatic hydroxyl groups excluding tert-OH is 1. The summed E-state index contributed by atoms with van der Waals surface area (Å²) in [5, 5.41) is 12.6. The van der Waals surface area contributed by atoms with E-state index in [1.165, 1.54) is 12.1 Å². The molecule has 1 rings (SSSR count). The molecule has 0 saturated heterocycles. The van der Waals surface area contributed by atoms with Crippen LogP contribution in [0.15, 0.2) is 18.2 Å². The van der Waals surface area contributed by atoms with E-state index in [2.05, 4.69) is 5.32 Å². The van der Waals surface area contributed by atoms with Gasteiger partial charge in [0.15, 0.2) is 0 Å². The first-order valence-electron chi connectivity index (χ1n) is 6.33. The van der Waals surface area contributed by atoms with Crippen molar-refractivity contribution in [1.29, 1.82) is 0 Å². The van der Waals surface area contributed by atoms with Crippen LogP contribution < -0.4 is 10.2 Å². The number of hydrogen-bond donors (Lipinski definition) is 2. The normalized spacial score (nSPS) is 14.3. The first-order valence-corrected chi connectivity index (χ1v) is 6.33. The fraction of sp³-hybridized carbons (Fsp3) is 0.571. The summed E-state index contributed by atoms with van der Waals surface area (Å²) >= 11 is 0. The third-order valence-corrected chi connectivity index (χ3v) is 3.14. The van der Waals surface area contributed by atoms with Crippen molar-refractivity contribution in [1.82, 2.24) is 5.32 Å². The van der Waals surface area contributed by atoms with Crippen molar-refractivity contribution in [2.45, 2.75) is 32.4 Å². The smallest absolute Gasteiger partial charge is 0.125 e. The zero-order valence-corrected chi connectivity index (χ0v) is 11.6. The molecule has 4 heteroatoms. The lowest BCUT2D eigenvalue weighted by Crippen LogP contribution is -2.34. The Bertz CT molecular complexity index is 378. The number of nitrogens with one attached hydrogen (secondary N) is 1. The Morgan fingerprint density at radius 3 is 2.56 bits per heavy atom. The first kappa shape index (κ1) is 14.9. The number of halogens is 1. The highest BCUT2D eigenvalue weighted by Crippen LogP contribution is 2.26. The Labute approximate surface area is 109 Å². The minimum atomic E-state index is -0.233. The Morgan fingerprint density at radius 1 is 1.39 bits per heavy atom. The van der Waals surface area contributed by atoms with Crippen LogP contribution in [0, 0.1) is 5.82 Å². The molecular weight excluding hydrogens is 231 g/mol. The molecule has 0 saturated carbocycles. The van der Waals surface area contributed by atoms with E-state index in [1.54, 1.807) is 6.07 Å². The van der Waals surface area contributed by atoms with E-state index in [0.29, 0.717) is 0 Å². The van der Waals surface area contributed by atoms with Crippen LogP contribution in [0.1, 0.15) is 31.9 Å². The number of nitrogens with zero attached hydrogens (tertiary/aromatic N) is 1. The predicted octanol–water partition coefficient (Wildman–Crippen LogP) is 2.31. The predicted molar refractivity (Wildman–Crippen MR) is 73.4 cm³/mol. The third-order valence-electron chi connectivity index (χ3n) is 3.14. The van der Waals surface area contributed by atoms with Crippen LogP contribution in [0.3, 0.4) is 0 Å². The average Bonchev–Trinajstić information content (AvgIpc) is 2.35. The van der Waals surface area contributed by atoms with Gasteiger partial charge in [-0.15, -0.1) is 0 Å². The maximum Gasteiger partial charge on any atom is 0.125 e. The maximum absolute atomic E-state index is 13.3. The van der Waals surface area contributed by atoms with Gasteiger partial charge in [-0.2, -0.15) is 0 Å². The van der Waals surface area contributed by atoms with Gasteiger partial charge in [0.05, 0.1) is 6.61 Å². The summed E-state index contributed by atoms with van der Waals surface area (Å²) < 4.78 is 13.3. The van der Waals surface area contributed by atoms with Gasteiger partial charge in [-0.1, -0.05) is 13.0 Å². The topological polar surface area (TPSA) is 35.5 Å². The summed E-state index contributed by atoms with van der Waals surface area (Å²) in [6.45, 7) is 4.16. The van der Waals surface area contributed by atoms with Gasteiger partial charge in [-0.3, -0.25) is 0 Å². The van der Waals surface area contributed by atoms with Crippen LogP contribution in [-0.2, 0) is 0 Å². The Hall–Kier alpha value is -1.13. The lowest BCUT2D eigenvalue weighted by molar-refractivity contribution is 0.230. The molecular formula is C14H23FN2O. The van der Waals surface area contributed by atoms with Gasteiger partial charge in [-0.05, 0) is 31.0 Å². The highest BCUT2D eigenvalue weighted by molar-refractivity contribution is 5.54. The summed E-state index contributed by atoms with van der Waals surface area (Å²) in [4.78, 5) is 1.90. The molecule has 2 N–H and O–H groups in total. The van der Waals surface area contributed by atoms with Crippen LogP contribution in [0.2, 0.25) is 0 Å². The monoisotopic (exact) mass is 254 g/mol. The highest BCUT2D eigenvalue weighted by atomic mass is 19.1. The average molecular weight is 254 g/mol. The van der Waals surface area contributed by atoms with Gasteiger partial charge in [0.2, 0.25) is 0 Å². The molecule has 2 unspecified atom stereocenters. The molecule has 0 aliphatic heterocycles. The molecule has 0 bridgehead atoms. The van der Waals surface area contributed by atoms with Crippen LogP contribution in [0.25, 0.3) is 0 Å². The number of hydrogen-bond acceptors (Lipinski definition) is 3. The second kappa shape index (κ2) is 6.71. The summed E-state index contributed by atoms with van der Waals surface area (Å²) in [5.41, 5.74) is 1.90. The Morgan fingerprint density at radius 2 is 2.06 bits per heavy atom. The number of benzene rings is 1. The number of rotatable bonds is 6. The molecule has 1 aromatic carbocycles. The summed E-state index contributed by atoms with van der Waals surface area (Å²) in [5.74, 6) is -0.233. The standard InChI is InChI=1S/C14H23FN2O/c1-5-12(9-18)16-10(2)13-7-6-11(15)8-14(13)17(3)4/h6-8,10,12,16,18H,5,9H2,1-4H3. The van der Waals surface area contributed by atoms with Crippen LogP contribution in [-0.4, -0.2) is 31.9 Å². The fourth-order valence-electron chi connectivity index (χ4n) is 2.01. The molecule has 3 nitrogen and oxygen atoms in total. The van der Waals surface area contributed by atoms with Crippen molar-refractivity contribution in [2.75, 3.05) is 25.6 Å². The molecule has 18 heavy (non-hydrogen) atoms. The zero-order chi connectivity index (χ0) is 13.7. The number of aliphatic hydroxyl groups is 1. The van der Waals surface area contributed by atoms with Crippen molar-refractivity contribution >= 4 is 5.69 Å². The summed E-state index contributed by atoms with van der Waals surface area (Å²) in [7, 11) is 3.79. The molecule has 0 amide bonds. The van der Waals surface area contributed by atoms with Gasteiger partial charge in [0.25, 0.3) is 0 Å². The Balaban J connectivity index is 2.94. The Kier molecular flexibility index (Phi) is 5.56. The second-order valence-electron chi connectivity index (χ2n) is 4.77. The van der Waals surface area contributed by atoms with Crippen molar-refractivity contribution in [2.24, 2.45) is 0 Å².